The van der Waals surface area contributed by atoms with E-state index in [9.17, 15) is 0 Å². The van der Waals surface area contributed by atoms with Crippen LogP contribution in [0.2, 0.25) is 0 Å². The largest absolute Gasteiger partial charge is 0.317 e. The highest BCUT2D eigenvalue weighted by Crippen LogP contribution is 2.28. The Morgan fingerprint density at radius 1 is 1.08 bits per heavy atom. The number of nitrogens with zero attached hydrogens (tertiary/aromatic N) is 3. The second kappa shape index (κ2) is 7.99. The summed E-state index contributed by atoms with van der Waals surface area (Å²) in [5.41, 5.74) is 4.06. The van der Waals surface area contributed by atoms with E-state index >= 15 is 0 Å². The van der Waals surface area contributed by atoms with E-state index in [0.29, 0.717) is 5.92 Å². The van der Waals surface area contributed by atoms with Crippen LogP contribution in [0.3, 0.4) is 0 Å². The Morgan fingerprint density at radius 2 is 1.69 bits per heavy atom. The number of nitrogens with one attached hydrogen (secondary N) is 1. The highest BCUT2D eigenvalue weighted by Gasteiger charge is 2.24. The Bertz CT molecular complexity index is 649. The number of aromatic nitrogens is 2. The van der Waals surface area contributed by atoms with Gasteiger partial charge in [-0.2, -0.15) is 0 Å². The minimum Gasteiger partial charge on any atom is -0.317 e. The monoisotopic (exact) mass is 356 g/mol. The molecule has 0 aromatic carbocycles. The van der Waals surface area contributed by atoms with E-state index < -0.39 is 0 Å². The summed E-state index contributed by atoms with van der Waals surface area (Å²) >= 11 is 0. The quantitative estimate of drug-likeness (QED) is 0.784. The molecule has 0 bridgehead atoms. The first-order chi connectivity index (χ1) is 12.0. The van der Waals surface area contributed by atoms with E-state index in [4.69, 9.17) is 15.0 Å². The van der Waals surface area contributed by atoms with Crippen LogP contribution >= 0.6 is 0 Å². The Labute approximate surface area is 159 Å². The van der Waals surface area contributed by atoms with Crippen molar-refractivity contribution in [2.75, 3.05) is 13.1 Å². The number of piperidine rings is 1. The van der Waals surface area contributed by atoms with E-state index in [1.54, 1.807) is 0 Å². The van der Waals surface area contributed by atoms with Crippen molar-refractivity contribution < 1.29 is 0 Å². The molecule has 0 amide bonds. The maximum absolute atomic E-state index is 4.99. The van der Waals surface area contributed by atoms with Crippen molar-refractivity contribution in [3.8, 4) is 0 Å². The summed E-state index contributed by atoms with van der Waals surface area (Å²) in [6.07, 6.45) is 4.40. The van der Waals surface area contributed by atoms with E-state index in [-0.39, 0.29) is 10.8 Å². The van der Waals surface area contributed by atoms with Crippen molar-refractivity contribution in [2.24, 2.45) is 10.9 Å². The van der Waals surface area contributed by atoms with Gasteiger partial charge in [0.2, 0.25) is 0 Å². The van der Waals surface area contributed by atoms with Crippen LogP contribution < -0.4 is 5.32 Å². The molecule has 144 valence electrons. The van der Waals surface area contributed by atoms with E-state index in [0.717, 1.165) is 48.8 Å². The third-order valence-electron chi connectivity index (χ3n) is 4.93. The summed E-state index contributed by atoms with van der Waals surface area (Å²) in [5, 5.41) is 3.43. The molecule has 1 fully saturated rings. The smallest absolute Gasteiger partial charge is 0.134 e. The molecule has 1 aromatic heterocycles. The molecular formula is C22H36N4. The second-order valence-electron chi connectivity index (χ2n) is 9.41. The molecule has 4 nitrogen and oxygen atoms in total. The highest BCUT2D eigenvalue weighted by molar-refractivity contribution is 5.89. The van der Waals surface area contributed by atoms with Crippen LogP contribution in [0.15, 0.2) is 17.1 Å². The van der Waals surface area contributed by atoms with Crippen LogP contribution in [-0.2, 0) is 10.8 Å². The lowest BCUT2D eigenvalue weighted by molar-refractivity contribution is 0.455. The summed E-state index contributed by atoms with van der Waals surface area (Å²) in [4.78, 5) is 14.8. The van der Waals surface area contributed by atoms with Crippen LogP contribution in [0, 0.1) is 5.92 Å². The first-order valence-corrected chi connectivity index (χ1v) is 9.85. The van der Waals surface area contributed by atoms with E-state index in [2.05, 4.69) is 65.9 Å². The fraction of sp³-hybridized carbons (Fsp3) is 0.682. The zero-order chi connectivity index (χ0) is 19.5. The van der Waals surface area contributed by atoms with Crippen LogP contribution in [-0.4, -0.2) is 28.8 Å². The highest BCUT2D eigenvalue weighted by atomic mass is 14.9. The predicted octanol–water partition coefficient (Wildman–Crippen LogP) is 4.89. The molecule has 0 atom stereocenters. The number of hydrogen-bond acceptors (Lipinski definition) is 4. The van der Waals surface area contributed by atoms with Gasteiger partial charge >= 0.3 is 0 Å². The van der Waals surface area contributed by atoms with Gasteiger partial charge in [0, 0.05) is 16.5 Å². The lowest BCUT2D eigenvalue weighted by atomic mass is 9.89. The first-order valence-electron chi connectivity index (χ1n) is 9.85. The van der Waals surface area contributed by atoms with Gasteiger partial charge < -0.3 is 5.32 Å². The second-order valence-corrected chi connectivity index (χ2v) is 9.41. The zero-order valence-corrected chi connectivity index (χ0v) is 17.9. The third kappa shape index (κ3) is 5.23. The van der Waals surface area contributed by atoms with Crippen molar-refractivity contribution in [1.82, 2.24) is 15.3 Å². The Hall–Kier alpha value is -1.55. The van der Waals surface area contributed by atoms with E-state index in [1.807, 2.05) is 6.92 Å². The molecule has 4 heteroatoms. The molecule has 0 radical (unpaired) electrons. The zero-order valence-electron chi connectivity index (χ0n) is 17.9. The Balaban J connectivity index is 2.46. The average Bonchev–Trinajstić information content (AvgIpc) is 2.58. The molecular weight excluding hydrogens is 320 g/mol. The number of aliphatic imine (C=N–C) groups is 1. The van der Waals surface area contributed by atoms with Crippen molar-refractivity contribution >= 4 is 11.4 Å². The Kier molecular flexibility index (Phi) is 6.38. The van der Waals surface area contributed by atoms with Crippen LogP contribution in [0.4, 0.5) is 0 Å². The molecule has 26 heavy (non-hydrogen) atoms. The molecule has 0 spiro atoms. The number of hydrogen-bond donors (Lipinski definition) is 1. The van der Waals surface area contributed by atoms with E-state index in [1.165, 1.54) is 5.71 Å². The lowest BCUT2D eigenvalue weighted by Crippen LogP contribution is -2.31. The van der Waals surface area contributed by atoms with Crippen LogP contribution in [0.5, 0.6) is 0 Å². The van der Waals surface area contributed by atoms with Gasteiger partial charge in [-0.1, -0.05) is 47.6 Å². The number of rotatable bonds is 3. The minimum atomic E-state index is -0.0946. The molecule has 1 saturated heterocycles. The topological polar surface area (TPSA) is 50.2 Å². The molecule has 0 saturated carbocycles. The normalized spacial score (nSPS) is 18.3. The summed E-state index contributed by atoms with van der Waals surface area (Å²) in [6, 6.07) is 2.11. The first kappa shape index (κ1) is 20.8. The molecule has 0 aliphatic carbocycles. The molecule has 1 aliphatic heterocycles. The van der Waals surface area contributed by atoms with Crippen molar-refractivity contribution in [3.05, 3.63) is 29.4 Å². The third-order valence-corrected chi connectivity index (χ3v) is 4.93. The number of allylic oxidation sites excluding steroid dienone is 1. The van der Waals surface area contributed by atoms with Crippen molar-refractivity contribution in [1.29, 1.82) is 0 Å². The summed E-state index contributed by atoms with van der Waals surface area (Å²) in [5.74, 6) is 1.45. The van der Waals surface area contributed by atoms with Gasteiger partial charge in [0.05, 0.1) is 17.1 Å². The fourth-order valence-electron chi connectivity index (χ4n) is 3.09. The lowest BCUT2D eigenvalue weighted by Gasteiger charge is -2.24. The van der Waals surface area contributed by atoms with Crippen molar-refractivity contribution in [2.45, 2.75) is 79.1 Å². The molecule has 2 heterocycles. The van der Waals surface area contributed by atoms with Gasteiger partial charge in [-0.15, -0.1) is 0 Å². The van der Waals surface area contributed by atoms with Crippen LogP contribution in [0.1, 0.15) is 85.4 Å². The van der Waals surface area contributed by atoms with Gasteiger partial charge in [-0.05, 0) is 51.8 Å². The maximum atomic E-state index is 4.99. The molecule has 1 N–H and O–H groups in total. The molecule has 1 aliphatic rings. The van der Waals surface area contributed by atoms with Gasteiger partial charge in [0.25, 0.3) is 0 Å². The van der Waals surface area contributed by atoms with Gasteiger partial charge in [-0.25, -0.2) is 9.97 Å². The molecule has 2 rings (SSSR count). The van der Waals surface area contributed by atoms with Crippen LogP contribution in [0.25, 0.3) is 5.70 Å². The fourth-order valence-corrected chi connectivity index (χ4v) is 3.09. The molecule has 1 aromatic rings. The van der Waals surface area contributed by atoms with Gasteiger partial charge in [0.1, 0.15) is 5.82 Å². The summed E-state index contributed by atoms with van der Waals surface area (Å²) in [7, 11) is 0. The Morgan fingerprint density at radius 3 is 2.19 bits per heavy atom. The minimum absolute atomic E-state index is 0.0235. The van der Waals surface area contributed by atoms with Gasteiger partial charge in [0.15, 0.2) is 0 Å². The standard InChI is InChI=1S/C22H36N4/c1-9-17(24-15(2)16-10-12-23-13-11-16)18-14-19(21(3,4)5)26-20(25-18)22(6,7)8/h9,14,16,23H,10-13H2,1-8H3/b17-9-,24-15?. The van der Waals surface area contributed by atoms with Crippen molar-refractivity contribution in [3.63, 3.8) is 0 Å². The summed E-state index contributed by atoms with van der Waals surface area (Å²) in [6.45, 7) is 19.5. The predicted molar refractivity (Wildman–Crippen MR) is 112 cm³/mol. The average molecular weight is 357 g/mol. The summed E-state index contributed by atoms with van der Waals surface area (Å²) < 4.78 is 0. The van der Waals surface area contributed by atoms with Gasteiger partial charge in [-0.3, -0.25) is 4.99 Å². The maximum Gasteiger partial charge on any atom is 0.134 e. The SMILES string of the molecule is C/C=C(\N=C(C)C1CCNCC1)c1cc(C(C)(C)C)nc(C(C)(C)C)n1. The molecule has 0 unspecified atom stereocenters.